The number of nitrogens with zero attached hydrogens (tertiary/aromatic N) is 1. The number of fused-ring (bicyclic) bond motifs is 1. The van der Waals surface area contributed by atoms with E-state index in [4.69, 9.17) is 4.74 Å². The highest BCUT2D eigenvalue weighted by atomic mass is 16.5. The molecule has 6 heteroatoms. The minimum Gasteiger partial charge on any atom is -0.504 e. The zero-order valence-electron chi connectivity index (χ0n) is 18.4. The fourth-order valence-electron chi connectivity index (χ4n) is 4.50. The highest BCUT2D eigenvalue weighted by Gasteiger charge is 2.32. The molecule has 166 valence electrons. The Bertz CT molecular complexity index is 1150. The lowest BCUT2D eigenvalue weighted by Crippen LogP contribution is -2.31. The number of hydrogen-bond donors (Lipinski definition) is 3. The first kappa shape index (κ1) is 20.8. The minimum absolute atomic E-state index is 0.111. The zero-order chi connectivity index (χ0) is 22.1. The molecule has 5 rings (SSSR count). The van der Waals surface area contributed by atoms with Crippen LogP contribution in [0.1, 0.15) is 36.0 Å². The molecule has 1 saturated heterocycles. The van der Waals surface area contributed by atoms with Crippen molar-refractivity contribution in [3.8, 4) is 22.6 Å². The molecular formula is C26H29N3O3. The highest BCUT2D eigenvalue weighted by molar-refractivity contribution is 6.10. The zero-order valence-corrected chi connectivity index (χ0v) is 18.4. The number of benzene rings is 2. The maximum atomic E-state index is 13.1. The van der Waals surface area contributed by atoms with Crippen LogP contribution in [-0.2, 0) is 0 Å². The summed E-state index contributed by atoms with van der Waals surface area (Å²) in [6.07, 6.45) is 5.97. The molecule has 0 bridgehead atoms. The summed E-state index contributed by atoms with van der Waals surface area (Å²) in [5.41, 5.74) is 4.38. The van der Waals surface area contributed by atoms with Crippen LogP contribution in [0.2, 0.25) is 0 Å². The molecule has 2 heterocycles. The second kappa shape index (κ2) is 8.79. The highest BCUT2D eigenvalue weighted by Crippen LogP contribution is 2.38. The average Bonchev–Trinajstić information content (AvgIpc) is 3.68. The molecule has 32 heavy (non-hydrogen) atoms. The monoisotopic (exact) mass is 431 g/mol. The van der Waals surface area contributed by atoms with Gasteiger partial charge < -0.3 is 20.5 Å². The van der Waals surface area contributed by atoms with Gasteiger partial charge in [-0.3, -0.25) is 9.78 Å². The van der Waals surface area contributed by atoms with Gasteiger partial charge >= 0.3 is 0 Å². The van der Waals surface area contributed by atoms with Crippen LogP contribution in [0.4, 0.5) is 5.69 Å². The van der Waals surface area contributed by atoms with E-state index in [1.54, 1.807) is 19.4 Å². The number of carbonyl (C=O) groups excluding carboxylic acids is 1. The van der Waals surface area contributed by atoms with Crippen LogP contribution in [0, 0.1) is 11.8 Å². The summed E-state index contributed by atoms with van der Waals surface area (Å²) in [6.45, 7) is 2.94. The number of hydrogen-bond acceptors (Lipinski definition) is 6. The van der Waals surface area contributed by atoms with Crippen LogP contribution in [0.25, 0.3) is 22.0 Å². The standard InChI is InChI=1S/C26H29N3O3/c1-32-24-13-19(5-7-23(24)30)18-4-6-22-20(12-18)25(29-14-16-8-10-27-11-9-16)21(15-28-22)26(31)17-2-3-17/h4-7,12-13,15-17,27,30H,2-3,8-11,14H2,1H3,(H,28,29). The number of phenolic OH excluding ortho intramolecular Hbond substituents is 1. The maximum Gasteiger partial charge on any atom is 0.169 e. The third-order valence-electron chi connectivity index (χ3n) is 6.62. The molecule has 1 aliphatic heterocycles. The van der Waals surface area contributed by atoms with Gasteiger partial charge in [-0.15, -0.1) is 0 Å². The van der Waals surface area contributed by atoms with Crippen molar-refractivity contribution in [3.63, 3.8) is 0 Å². The van der Waals surface area contributed by atoms with Crippen molar-refractivity contribution in [1.29, 1.82) is 0 Å². The van der Waals surface area contributed by atoms with E-state index in [0.29, 0.717) is 17.2 Å². The predicted molar refractivity (Wildman–Crippen MR) is 127 cm³/mol. The molecule has 0 spiro atoms. The Morgan fingerprint density at radius 2 is 1.88 bits per heavy atom. The van der Waals surface area contributed by atoms with Crippen molar-refractivity contribution in [2.24, 2.45) is 11.8 Å². The van der Waals surface area contributed by atoms with Crippen molar-refractivity contribution < 1.29 is 14.6 Å². The first-order valence-electron chi connectivity index (χ1n) is 11.4. The lowest BCUT2D eigenvalue weighted by atomic mass is 9.96. The Hall–Kier alpha value is -3.12. The molecule has 3 N–H and O–H groups in total. The summed E-state index contributed by atoms with van der Waals surface area (Å²) in [5, 5.41) is 18.0. The molecule has 1 saturated carbocycles. The number of ketones is 1. The average molecular weight is 432 g/mol. The molecule has 0 radical (unpaired) electrons. The summed E-state index contributed by atoms with van der Waals surface area (Å²) in [7, 11) is 1.54. The van der Waals surface area contributed by atoms with Crippen LogP contribution in [0.3, 0.4) is 0 Å². The number of nitrogens with one attached hydrogen (secondary N) is 2. The van der Waals surface area contributed by atoms with Gasteiger partial charge in [-0.2, -0.15) is 0 Å². The number of aromatic nitrogens is 1. The minimum atomic E-state index is 0.111. The summed E-state index contributed by atoms with van der Waals surface area (Å²) in [5.74, 6) is 1.47. The SMILES string of the molecule is COc1cc(-c2ccc3ncc(C(=O)C4CC4)c(NCC4CCNCC4)c3c2)ccc1O. The third kappa shape index (κ3) is 4.15. The van der Waals surface area contributed by atoms with Crippen LogP contribution < -0.4 is 15.4 Å². The fraction of sp³-hybridized carbons (Fsp3) is 0.385. The number of anilines is 1. The Morgan fingerprint density at radius 3 is 2.62 bits per heavy atom. The summed E-state index contributed by atoms with van der Waals surface area (Å²) >= 11 is 0. The molecule has 0 unspecified atom stereocenters. The Kier molecular flexibility index (Phi) is 5.70. The van der Waals surface area contributed by atoms with E-state index in [0.717, 1.165) is 73.0 Å². The van der Waals surface area contributed by atoms with E-state index in [1.165, 1.54) is 0 Å². The van der Waals surface area contributed by atoms with E-state index in [9.17, 15) is 9.90 Å². The predicted octanol–water partition coefficient (Wildman–Crippen LogP) is 4.62. The van der Waals surface area contributed by atoms with Gasteiger partial charge in [0.15, 0.2) is 17.3 Å². The molecule has 2 aromatic carbocycles. The number of Topliss-reactive ketones (excluding diaryl/α,β-unsaturated/α-hetero) is 1. The summed E-state index contributed by atoms with van der Waals surface area (Å²) < 4.78 is 5.28. The van der Waals surface area contributed by atoms with E-state index >= 15 is 0 Å². The van der Waals surface area contributed by atoms with Crippen molar-refractivity contribution >= 4 is 22.4 Å². The van der Waals surface area contributed by atoms with Gasteiger partial charge in [-0.1, -0.05) is 12.1 Å². The van der Waals surface area contributed by atoms with E-state index in [1.807, 2.05) is 24.3 Å². The van der Waals surface area contributed by atoms with Crippen LogP contribution in [0.5, 0.6) is 11.5 Å². The molecule has 2 aliphatic rings. The number of phenols is 1. The molecular weight excluding hydrogens is 402 g/mol. The van der Waals surface area contributed by atoms with Gasteiger partial charge in [0.25, 0.3) is 0 Å². The van der Waals surface area contributed by atoms with Crippen molar-refractivity contribution in [2.45, 2.75) is 25.7 Å². The lowest BCUT2D eigenvalue weighted by Gasteiger charge is -2.24. The van der Waals surface area contributed by atoms with Gasteiger partial charge in [0, 0.05) is 24.0 Å². The molecule has 1 aromatic heterocycles. The first-order valence-corrected chi connectivity index (χ1v) is 11.4. The number of rotatable bonds is 7. The van der Waals surface area contributed by atoms with Gasteiger partial charge in [-0.05, 0) is 80.1 Å². The lowest BCUT2D eigenvalue weighted by molar-refractivity contribution is 0.0968. The number of piperidine rings is 1. The van der Waals surface area contributed by atoms with Crippen LogP contribution in [-0.4, -0.2) is 42.6 Å². The molecule has 0 atom stereocenters. The Labute approximate surface area is 188 Å². The van der Waals surface area contributed by atoms with Gasteiger partial charge in [0.1, 0.15) is 0 Å². The Morgan fingerprint density at radius 1 is 1.12 bits per heavy atom. The molecule has 3 aromatic rings. The quantitative estimate of drug-likeness (QED) is 0.474. The number of aromatic hydroxyl groups is 1. The van der Waals surface area contributed by atoms with Gasteiger partial charge in [-0.25, -0.2) is 0 Å². The van der Waals surface area contributed by atoms with E-state index in [-0.39, 0.29) is 17.5 Å². The number of pyridine rings is 1. The fourth-order valence-corrected chi connectivity index (χ4v) is 4.50. The molecule has 1 aliphatic carbocycles. The second-order valence-corrected chi connectivity index (χ2v) is 8.88. The van der Waals surface area contributed by atoms with Crippen LogP contribution >= 0.6 is 0 Å². The molecule has 2 fully saturated rings. The van der Waals surface area contributed by atoms with Crippen molar-refractivity contribution in [3.05, 3.63) is 48.2 Å². The number of carbonyl (C=O) groups is 1. The van der Waals surface area contributed by atoms with E-state index in [2.05, 4.69) is 21.7 Å². The first-order chi connectivity index (χ1) is 15.6. The van der Waals surface area contributed by atoms with Gasteiger partial charge in [0.05, 0.1) is 23.9 Å². The van der Waals surface area contributed by atoms with Crippen molar-refractivity contribution in [1.82, 2.24) is 10.3 Å². The van der Waals surface area contributed by atoms with Gasteiger partial charge in [0.2, 0.25) is 0 Å². The summed E-state index contributed by atoms with van der Waals surface area (Å²) in [6, 6.07) is 11.4. The molecule has 0 amide bonds. The third-order valence-corrected chi connectivity index (χ3v) is 6.62. The normalized spacial score (nSPS) is 16.8. The van der Waals surface area contributed by atoms with Crippen molar-refractivity contribution in [2.75, 3.05) is 32.1 Å². The topological polar surface area (TPSA) is 83.5 Å². The number of ether oxygens (including phenoxy) is 1. The smallest absolute Gasteiger partial charge is 0.169 e. The summed E-state index contributed by atoms with van der Waals surface area (Å²) in [4.78, 5) is 17.7. The maximum absolute atomic E-state index is 13.1. The largest absolute Gasteiger partial charge is 0.504 e. The second-order valence-electron chi connectivity index (χ2n) is 8.88. The van der Waals surface area contributed by atoms with Crippen LogP contribution in [0.15, 0.2) is 42.6 Å². The van der Waals surface area contributed by atoms with E-state index < -0.39 is 0 Å². The Balaban J connectivity index is 1.56. The number of methoxy groups -OCH3 is 1. The molecule has 6 nitrogen and oxygen atoms in total.